The Balaban J connectivity index is 3.47. The van der Waals surface area contributed by atoms with Crippen LogP contribution in [0.3, 0.4) is 0 Å². The molecule has 0 fully saturated rings. The Morgan fingerprint density at radius 3 is 2.54 bits per heavy atom. The van der Waals surface area contributed by atoms with Crippen LogP contribution in [-0.2, 0) is 0 Å². The van der Waals surface area contributed by atoms with Gasteiger partial charge in [0.05, 0.1) is 11.6 Å². The van der Waals surface area contributed by atoms with Crippen molar-refractivity contribution in [3.8, 4) is 6.07 Å². The van der Waals surface area contributed by atoms with E-state index < -0.39 is 5.24 Å². The monoisotopic (exact) mass is 193 g/mol. The summed E-state index contributed by atoms with van der Waals surface area (Å²) in [4.78, 5) is 10.9. The van der Waals surface area contributed by atoms with Crippen LogP contribution in [-0.4, -0.2) is 5.24 Å². The first-order valence-electron chi connectivity index (χ1n) is 3.77. The van der Waals surface area contributed by atoms with Gasteiger partial charge in [-0.05, 0) is 48.7 Å². The molecular weight excluding hydrogens is 186 g/mol. The van der Waals surface area contributed by atoms with Gasteiger partial charge in [0, 0.05) is 5.56 Å². The molecule has 0 aliphatic heterocycles. The van der Waals surface area contributed by atoms with Crippen LogP contribution in [0.15, 0.2) is 12.1 Å². The van der Waals surface area contributed by atoms with Gasteiger partial charge in [0.2, 0.25) is 0 Å². The molecule has 0 saturated carbocycles. The van der Waals surface area contributed by atoms with Crippen molar-refractivity contribution in [1.29, 1.82) is 5.26 Å². The summed E-state index contributed by atoms with van der Waals surface area (Å²) in [7, 11) is 0. The summed E-state index contributed by atoms with van der Waals surface area (Å²) in [6.45, 7) is 3.54. The number of halogens is 1. The summed E-state index contributed by atoms with van der Waals surface area (Å²) in [5.41, 5.74) is 2.43. The molecule has 1 aromatic carbocycles. The second-order valence-corrected chi connectivity index (χ2v) is 3.21. The van der Waals surface area contributed by atoms with Crippen molar-refractivity contribution in [2.24, 2.45) is 0 Å². The Kier molecular flexibility index (Phi) is 2.69. The smallest absolute Gasteiger partial charge is 0.252 e. The minimum absolute atomic E-state index is 0.415. The molecule has 2 nitrogen and oxygen atoms in total. The Morgan fingerprint density at radius 2 is 2.08 bits per heavy atom. The molecular formula is C10H8ClNO. The summed E-state index contributed by atoms with van der Waals surface area (Å²) in [5.74, 6) is 0. The summed E-state index contributed by atoms with van der Waals surface area (Å²) >= 11 is 5.36. The Hall–Kier alpha value is -1.33. The predicted octanol–water partition coefficient (Wildman–Crippen LogP) is 2.55. The van der Waals surface area contributed by atoms with E-state index in [4.69, 9.17) is 16.9 Å². The fraction of sp³-hybridized carbons (Fsp3) is 0.200. The first kappa shape index (κ1) is 9.76. The molecule has 0 aliphatic rings. The largest absolute Gasteiger partial charge is 0.276 e. The zero-order chi connectivity index (χ0) is 10.0. The lowest BCUT2D eigenvalue weighted by Gasteiger charge is -2.03. The maximum Gasteiger partial charge on any atom is 0.252 e. The normalized spacial score (nSPS) is 9.38. The van der Waals surface area contributed by atoms with Crippen LogP contribution in [0.4, 0.5) is 0 Å². The van der Waals surface area contributed by atoms with Crippen molar-refractivity contribution in [2.75, 3.05) is 0 Å². The van der Waals surface area contributed by atoms with Gasteiger partial charge in [-0.1, -0.05) is 0 Å². The molecule has 1 rings (SSSR count). The van der Waals surface area contributed by atoms with Gasteiger partial charge in [0.25, 0.3) is 5.24 Å². The maximum atomic E-state index is 10.9. The Labute approximate surface area is 81.7 Å². The van der Waals surface area contributed by atoms with Gasteiger partial charge in [0.15, 0.2) is 0 Å². The first-order chi connectivity index (χ1) is 6.06. The van der Waals surface area contributed by atoms with Crippen LogP contribution in [0, 0.1) is 25.2 Å². The van der Waals surface area contributed by atoms with E-state index in [1.54, 1.807) is 19.1 Å². The highest BCUT2D eigenvalue weighted by atomic mass is 35.5. The molecule has 0 bridgehead atoms. The van der Waals surface area contributed by atoms with E-state index >= 15 is 0 Å². The van der Waals surface area contributed by atoms with Gasteiger partial charge in [-0.2, -0.15) is 5.26 Å². The molecule has 0 radical (unpaired) electrons. The maximum absolute atomic E-state index is 10.9. The van der Waals surface area contributed by atoms with Crippen LogP contribution in [0.2, 0.25) is 0 Å². The number of aryl methyl sites for hydroxylation is 1. The quantitative estimate of drug-likeness (QED) is 0.644. The fourth-order valence-corrected chi connectivity index (χ4v) is 1.38. The van der Waals surface area contributed by atoms with E-state index in [0.717, 1.165) is 5.56 Å². The van der Waals surface area contributed by atoms with Crippen molar-refractivity contribution in [2.45, 2.75) is 13.8 Å². The molecule has 0 aliphatic carbocycles. The molecule has 1 aromatic rings. The molecule has 0 spiro atoms. The number of nitriles is 1. The van der Waals surface area contributed by atoms with Crippen molar-refractivity contribution < 1.29 is 4.79 Å². The SMILES string of the molecule is Cc1cc(C#N)c(C)c(C(=O)Cl)c1. The summed E-state index contributed by atoms with van der Waals surface area (Å²) in [6, 6.07) is 5.44. The zero-order valence-electron chi connectivity index (χ0n) is 7.39. The third kappa shape index (κ3) is 1.88. The number of hydrogen-bond acceptors (Lipinski definition) is 2. The van der Waals surface area contributed by atoms with Gasteiger partial charge in [-0.15, -0.1) is 0 Å². The molecule has 0 atom stereocenters. The number of nitrogens with zero attached hydrogens (tertiary/aromatic N) is 1. The van der Waals surface area contributed by atoms with E-state index in [2.05, 4.69) is 0 Å². The van der Waals surface area contributed by atoms with Gasteiger partial charge in [-0.3, -0.25) is 4.79 Å². The highest BCUT2D eigenvalue weighted by Gasteiger charge is 2.10. The molecule has 3 heteroatoms. The van der Waals surface area contributed by atoms with Crippen LogP contribution < -0.4 is 0 Å². The highest BCUT2D eigenvalue weighted by Crippen LogP contribution is 2.17. The van der Waals surface area contributed by atoms with E-state index in [1.807, 2.05) is 13.0 Å². The number of benzene rings is 1. The molecule has 0 aromatic heterocycles. The minimum Gasteiger partial charge on any atom is -0.276 e. The van der Waals surface area contributed by atoms with Crippen LogP contribution in [0.5, 0.6) is 0 Å². The topological polar surface area (TPSA) is 40.9 Å². The van der Waals surface area contributed by atoms with Crippen molar-refractivity contribution in [1.82, 2.24) is 0 Å². The zero-order valence-corrected chi connectivity index (χ0v) is 8.14. The predicted molar refractivity (Wildman–Crippen MR) is 50.8 cm³/mol. The van der Waals surface area contributed by atoms with Gasteiger partial charge in [0.1, 0.15) is 0 Å². The van der Waals surface area contributed by atoms with Crippen molar-refractivity contribution >= 4 is 16.8 Å². The average Bonchev–Trinajstić information content (AvgIpc) is 2.08. The number of hydrogen-bond donors (Lipinski definition) is 0. The van der Waals surface area contributed by atoms with Gasteiger partial charge < -0.3 is 0 Å². The summed E-state index contributed by atoms with van der Waals surface area (Å²) < 4.78 is 0. The fourth-order valence-electron chi connectivity index (χ4n) is 1.18. The Bertz CT molecular complexity index is 404. The molecule has 0 N–H and O–H groups in total. The molecule has 0 heterocycles. The van der Waals surface area contributed by atoms with E-state index in [-0.39, 0.29) is 0 Å². The lowest BCUT2D eigenvalue weighted by molar-refractivity contribution is 0.108. The van der Waals surface area contributed by atoms with Gasteiger partial charge in [-0.25, -0.2) is 0 Å². The summed E-state index contributed by atoms with van der Waals surface area (Å²) in [5, 5.41) is 8.23. The molecule has 0 unspecified atom stereocenters. The number of carbonyl (C=O) groups excluding carboxylic acids is 1. The third-order valence-corrected chi connectivity index (χ3v) is 2.09. The van der Waals surface area contributed by atoms with Crippen LogP contribution >= 0.6 is 11.6 Å². The van der Waals surface area contributed by atoms with Crippen LogP contribution in [0.1, 0.15) is 27.0 Å². The van der Waals surface area contributed by atoms with E-state index in [0.29, 0.717) is 16.7 Å². The first-order valence-corrected chi connectivity index (χ1v) is 4.15. The number of carbonyl (C=O) groups is 1. The molecule has 0 amide bonds. The second-order valence-electron chi connectivity index (χ2n) is 2.87. The molecule has 13 heavy (non-hydrogen) atoms. The highest BCUT2D eigenvalue weighted by molar-refractivity contribution is 6.67. The number of rotatable bonds is 1. The lowest BCUT2D eigenvalue weighted by atomic mass is 10.0. The molecule has 66 valence electrons. The van der Waals surface area contributed by atoms with Crippen molar-refractivity contribution in [3.05, 3.63) is 34.4 Å². The third-order valence-electron chi connectivity index (χ3n) is 1.88. The Morgan fingerprint density at radius 1 is 1.46 bits per heavy atom. The average molecular weight is 194 g/mol. The van der Waals surface area contributed by atoms with Crippen LogP contribution in [0.25, 0.3) is 0 Å². The lowest BCUT2D eigenvalue weighted by Crippen LogP contribution is -1.97. The van der Waals surface area contributed by atoms with E-state index in [9.17, 15) is 4.79 Å². The summed E-state index contributed by atoms with van der Waals surface area (Å²) in [6.07, 6.45) is 0. The standard InChI is InChI=1S/C10H8ClNO/c1-6-3-8(5-12)7(2)9(4-6)10(11)13/h3-4H,1-2H3. The van der Waals surface area contributed by atoms with E-state index in [1.165, 1.54) is 0 Å². The molecule has 0 saturated heterocycles. The van der Waals surface area contributed by atoms with Gasteiger partial charge >= 0.3 is 0 Å². The second kappa shape index (κ2) is 3.59. The minimum atomic E-state index is -0.516. The van der Waals surface area contributed by atoms with Crippen molar-refractivity contribution in [3.63, 3.8) is 0 Å².